The van der Waals surface area contributed by atoms with E-state index < -0.39 is 24.2 Å². The van der Waals surface area contributed by atoms with Crippen molar-refractivity contribution in [1.29, 1.82) is 0 Å². The quantitative estimate of drug-likeness (QED) is 0.294. The lowest BCUT2D eigenvalue weighted by molar-refractivity contribution is -0.119. The van der Waals surface area contributed by atoms with Gasteiger partial charge in [-0.05, 0) is 60.7 Å². The number of carbonyl (C=O) groups excluding carboxylic acids is 2. The van der Waals surface area contributed by atoms with Crippen molar-refractivity contribution in [3.63, 3.8) is 0 Å². The molecule has 2 N–H and O–H groups in total. The predicted octanol–water partition coefficient (Wildman–Crippen LogP) is 5.38. The molecule has 1 amide bonds. The molecule has 1 aliphatic heterocycles. The standard InChI is InChI=1S/C26H25F2N3O4S/c27-26(28)36-21-11-7-18(8-12-21)29-23-4-2-1-3-22(23)25(33)35-17-24(32)30-19-5-9-20(10-6-19)31-13-15-34-16-14-31/h1-12,26,29H,13-17H2,(H,30,32). The largest absolute Gasteiger partial charge is 0.452 e. The highest BCUT2D eigenvalue weighted by atomic mass is 32.2. The first-order valence-electron chi connectivity index (χ1n) is 11.3. The van der Waals surface area contributed by atoms with Crippen LogP contribution < -0.4 is 15.5 Å². The van der Waals surface area contributed by atoms with Crippen molar-refractivity contribution in [2.24, 2.45) is 0 Å². The summed E-state index contributed by atoms with van der Waals surface area (Å²) in [7, 11) is 0. The lowest BCUT2D eigenvalue weighted by atomic mass is 10.1. The van der Waals surface area contributed by atoms with Gasteiger partial charge in [0.2, 0.25) is 0 Å². The molecule has 1 aliphatic rings. The molecule has 36 heavy (non-hydrogen) atoms. The van der Waals surface area contributed by atoms with Gasteiger partial charge in [-0.2, -0.15) is 8.78 Å². The fourth-order valence-electron chi connectivity index (χ4n) is 3.63. The zero-order chi connectivity index (χ0) is 25.3. The molecule has 0 bridgehead atoms. The van der Waals surface area contributed by atoms with E-state index in [2.05, 4.69) is 15.5 Å². The fraction of sp³-hybridized carbons (Fsp3) is 0.231. The Kier molecular flexibility index (Phi) is 8.75. The summed E-state index contributed by atoms with van der Waals surface area (Å²) in [6.07, 6.45) is 0. The number of morpholine rings is 1. The van der Waals surface area contributed by atoms with E-state index in [0.29, 0.717) is 46.9 Å². The van der Waals surface area contributed by atoms with Crippen LogP contribution in [0.3, 0.4) is 0 Å². The minimum absolute atomic E-state index is 0.242. The van der Waals surface area contributed by atoms with Crippen LogP contribution >= 0.6 is 11.8 Å². The third-order valence-electron chi connectivity index (χ3n) is 5.37. The zero-order valence-electron chi connectivity index (χ0n) is 19.3. The second-order valence-electron chi connectivity index (χ2n) is 7.84. The number of carbonyl (C=O) groups is 2. The van der Waals surface area contributed by atoms with E-state index in [-0.39, 0.29) is 5.56 Å². The molecule has 0 spiro atoms. The number of rotatable bonds is 9. The predicted molar refractivity (Wildman–Crippen MR) is 136 cm³/mol. The number of esters is 1. The van der Waals surface area contributed by atoms with Crippen molar-refractivity contribution >= 4 is 46.4 Å². The maximum atomic E-state index is 12.7. The Morgan fingerprint density at radius 3 is 2.31 bits per heavy atom. The van der Waals surface area contributed by atoms with Gasteiger partial charge in [-0.15, -0.1) is 0 Å². The molecule has 0 aromatic heterocycles. The van der Waals surface area contributed by atoms with E-state index in [1.807, 2.05) is 12.1 Å². The Morgan fingerprint density at radius 1 is 0.944 bits per heavy atom. The van der Waals surface area contributed by atoms with Crippen LogP contribution in [0.5, 0.6) is 0 Å². The topological polar surface area (TPSA) is 79.9 Å². The number of ether oxygens (including phenoxy) is 2. The highest BCUT2D eigenvalue weighted by molar-refractivity contribution is 7.99. The third kappa shape index (κ3) is 7.19. The van der Waals surface area contributed by atoms with Crippen molar-refractivity contribution < 1.29 is 27.8 Å². The molecule has 0 saturated carbocycles. The molecular weight excluding hydrogens is 488 g/mol. The maximum Gasteiger partial charge on any atom is 0.340 e. The summed E-state index contributed by atoms with van der Waals surface area (Å²) in [5.41, 5.74) is 2.98. The van der Waals surface area contributed by atoms with Crippen molar-refractivity contribution in [1.82, 2.24) is 0 Å². The number of hydrogen-bond acceptors (Lipinski definition) is 7. The monoisotopic (exact) mass is 513 g/mol. The number of nitrogens with zero attached hydrogens (tertiary/aromatic N) is 1. The van der Waals surface area contributed by atoms with Crippen molar-refractivity contribution in [2.75, 3.05) is 48.4 Å². The normalized spacial score (nSPS) is 13.4. The first kappa shape index (κ1) is 25.5. The van der Waals surface area contributed by atoms with Gasteiger partial charge >= 0.3 is 5.97 Å². The van der Waals surface area contributed by atoms with Crippen molar-refractivity contribution in [3.05, 3.63) is 78.4 Å². The molecule has 7 nitrogen and oxygen atoms in total. The van der Waals surface area contributed by atoms with Crippen molar-refractivity contribution in [2.45, 2.75) is 10.7 Å². The second-order valence-corrected chi connectivity index (χ2v) is 8.91. The number of benzene rings is 3. The summed E-state index contributed by atoms with van der Waals surface area (Å²) in [6.45, 7) is 2.57. The van der Waals surface area contributed by atoms with E-state index in [4.69, 9.17) is 9.47 Å². The number of hydrogen-bond donors (Lipinski definition) is 2. The van der Waals surface area contributed by atoms with Crippen LogP contribution in [0.4, 0.5) is 31.5 Å². The van der Waals surface area contributed by atoms with Gasteiger partial charge in [-0.25, -0.2) is 4.79 Å². The SMILES string of the molecule is O=C(COC(=O)c1ccccc1Nc1ccc(SC(F)F)cc1)Nc1ccc(N2CCOCC2)cc1. The van der Waals surface area contributed by atoms with Gasteiger partial charge < -0.3 is 25.0 Å². The highest BCUT2D eigenvalue weighted by Gasteiger charge is 2.16. The molecule has 1 heterocycles. The Hall–Kier alpha value is -3.63. The molecule has 0 aliphatic carbocycles. The fourth-order valence-corrected chi connectivity index (χ4v) is 4.13. The average Bonchev–Trinajstić information content (AvgIpc) is 2.89. The van der Waals surface area contributed by atoms with Gasteiger partial charge in [0.15, 0.2) is 6.61 Å². The van der Waals surface area contributed by atoms with Gasteiger partial charge in [0.25, 0.3) is 11.7 Å². The number of anilines is 4. The molecule has 3 aromatic carbocycles. The highest BCUT2D eigenvalue weighted by Crippen LogP contribution is 2.28. The minimum Gasteiger partial charge on any atom is -0.452 e. The van der Waals surface area contributed by atoms with Crippen LogP contribution in [0, 0.1) is 0 Å². The number of para-hydroxylation sites is 1. The van der Waals surface area contributed by atoms with Gasteiger partial charge in [0, 0.05) is 35.0 Å². The first-order valence-corrected chi connectivity index (χ1v) is 12.2. The summed E-state index contributed by atoms with van der Waals surface area (Å²) in [5.74, 6) is -3.62. The molecular formula is C26H25F2N3O4S. The number of thioether (sulfide) groups is 1. The van der Waals surface area contributed by atoms with Crippen LogP contribution in [0.1, 0.15) is 10.4 Å². The average molecular weight is 514 g/mol. The van der Waals surface area contributed by atoms with E-state index in [0.717, 1.165) is 18.8 Å². The molecule has 0 radical (unpaired) electrons. The number of amides is 1. The minimum atomic E-state index is -2.49. The Balaban J connectivity index is 1.30. The Bertz CT molecular complexity index is 1170. The van der Waals surface area contributed by atoms with Crippen LogP contribution in [-0.4, -0.2) is 50.5 Å². The summed E-state index contributed by atoms with van der Waals surface area (Å²) < 4.78 is 35.6. The van der Waals surface area contributed by atoms with E-state index in [9.17, 15) is 18.4 Å². The summed E-state index contributed by atoms with van der Waals surface area (Å²) >= 11 is 0.459. The van der Waals surface area contributed by atoms with Crippen LogP contribution in [0.15, 0.2) is 77.7 Å². The molecule has 0 atom stereocenters. The summed E-state index contributed by atoms with van der Waals surface area (Å²) in [5, 5.41) is 5.81. The van der Waals surface area contributed by atoms with E-state index in [1.54, 1.807) is 60.7 Å². The third-order valence-corrected chi connectivity index (χ3v) is 6.09. The number of nitrogens with one attached hydrogen (secondary N) is 2. The van der Waals surface area contributed by atoms with Gasteiger partial charge in [-0.1, -0.05) is 23.9 Å². The lowest BCUT2D eigenvalue weighted by Crippen LogP contribution is -2.36. The van der Waals surface area contributed by atoms with Crippen LogP contribution in [-0.2, 0) is 14.3 Å². The van der Waals surface area contributed by atoms with E-state index >= 15 is 0 Å². The van der Waals surface area contributed by atoms with Gasteiger partial charge in [-0.3, -0.25) is 4.79 Å². The molecule has 188 valence electrons. The smallest absolute Gasteiger partial charge is 0.340 e. The number of alkyl halides is 2. The molecule has 1 saturated heterocycles. The van der Waals surface area contributed by atoms with Gasteiger partial charge in [0.1, 0.15) is 0 Å². The zero-order valence-corrected chi connectivity index (χ0v) is 20.1. The molecule has 4 rings (SSSR count). The van der Waals surface area contributed by atoms with Crippen LogP contribution in [0.2, 0.25) is 0 Å². The number of halogens is 2. The van der Waals surface area contributed by atoms with E-state index in [1.165, 1.54) is 0 Å². The maximum absolute atomic E-state index is 12.7. The first-order chi connectivity index (χ1) is 17.5. The summed E-state index contributed by atoms with van der Waals surface area (Å²) in [4.78, 5) is 27.6. The van der Waals surface area contributed by atoms with Crippen molar-refractivity contribution in [3.8, 4) is 0 Å². The Morgan fingerprint density at radius 2 is 1.61 bits per heavy atom. The second kappa shape index (κ2) is 12.4. The molecule has 10 heteroatoms. The Labute approximate surface area is 211 Å². The molecule has 3 aromatic rings. The lowest BCUT2D eigenvalue weighted by Gasteiger charge is -2.28. The summed E-state index contributed by atoms with van der Waals surface area (Å²) in [6, 6.07) is 20.6. The molecule has 0 unspecified atom stereocenters. The molecule has 1 fully saturated rings. The van der Waals surface area contributed by atoms with Crippen LogP contribution in [0.25, 0.3) is 0 Å². The van der Waals surface area contributed by atoms with Gasteiger partial charge in [0.05, 0.1) is 24.5 Å².